The fourth-order valence-electron chi connectivity index (χ4n) is 4.19. The van der Waals surface area contributed by atoms with Crippen LogP contribution < -0.4 is 19.3 Å². The average Bonchev–Trinajstić information content (AvgIpc) is 2.69. The molecule has 2 aliphatic rings. The van der Waals surface area contributed by atoms with Gasteiger partial charge in [0.05, 0.1) is 18.9 Å². The predicted molar refractivity (Wildman–Crippen MR) is 112 cm³/mol. The number of ether oxygens (including phenoxy) is 2. The van der Waals surface area contributed by atoms with Gasteiger partial charge in [0.2, 0.25) is 5.91 Å². The van der Waals surface area contributed by atoms with Crippen molar-refractivity contribution in [3.05, 3.63) is 35.5 Å². The van der Waals surface area contributed by atoms with E-state index in [4.69, 9.17) is 14.5 Å². The molecule has 1 aromatic heterocycles. The number of methoxy groups -OCH3 is 1. The topological polar surface area (TPSA) is 67.8 Å². The molecule has 1 fully saturated rings. The van der Waals surface area contributed by atoms with E-state index in [1.54, 1.807) is 18.0 Å². The Labute approximate surface area is 175 Å². The van der Waals surface area contributed by atoms with Crippen molar-refractivity contribution >= 4 is 17.4 Å². The first-order chi connectivity index (χ1) is 14.3. The summed E-state index contributed by atoms with van der Waals surface area (Å²) in [6.45, 7) is 3.81. The van der Waals surface area contributed by atoms with Gasteiger partial charge in [-0.3, -0.25) is 4.79 Å². The maximum atomic E-state index is 13.3. The number of rotatable bonds is 5. The van der Waals surface area contributed by atoms with Gasteiger partial charge in [-0.1, -0.05) is 0 Å². The van der Waals surface area contributed by atoms with E-state index in [0.29, 0.717) is 17.4 Å². The van der Waals surface area contributed by atoms with Crippen LogP contribution in [0, 0.1) is 18.7 Å². The largest absolute Gasteiger partial charge is 0.493 e. The molecular weight excluding hydrogens is 387 g/mol. The van der Waals surface area contributed by atoms with Crippen LogP contribution in [0.4, 0.5) is 15.9 Å². The number of aromatic nitrogens is 2. The quantitative estimate of drug-likeness (QED) is 0.749. The Hall–Kier alpha value is -2.90. The van der Waals surface area contributed by atoms with Crippen molar-refractivity contribution < 1.29 is 18.7 Å². The second-order valence-corrected chi connectivity index (χ2v) is 8.16. The third-order valence-corrected chi connectivity index (χ3v) is 6.11. The van der Waals surface area contributed by atoms with E-state index in [2.05, 4.69) is 4.98 Å². The number of hydrogen-bond acceptors (Lipinski definition) is 6. The number of carbonyl (C=O) groups is 1. The van der Waals surface area contributed by atoms with Crippen LogP contribution in [0.1, 0.15) is 31.3 Å². The molecule has 0 saturated heterocycles. The molecule has 160 valence electrons. The van der Waals surface area contributed by atoms with E-state index in [1.807, 2.05) is 25.8 Å². The maximum Gasteiger partial charge on any atom is 0.249 e. The lowest BCUT2D eigenvalue weighted by Gasteiger charge is -2.38. The minimum atomic E-state index is -0.350. The van der Waals surface area contributed by atoms with Crippen molar-refractivity contribution in [2.24, 2.45) is 5.92 Å². The normalized spacial score (nSPS) is 23.1. The SMILES string of the molecule is COc1cc(F)ccc1OC1CC(Cc2nc(C)c3c(n2)N(C)[C@@H](C)C(=O)N3C)C1. The molecule has 0 unspecified atom stereocenters. The van der Waals surface area contributed by atoms with Crippen molar-refractivity contribution in [1.82, 2.24) is 9.97 Å². The van der Waals surface area contributed by atoms with E-state index < -0.39 is 0 Å². The molecule has 1 atom stereocenters. The van der Waals surface area contributed by atoms with Gasteiger partial charge in [0, 0.05) is 26.6 Å². The Kier molecular flexibility index (Phi) is 5.26. The second kappa shape index (κ2) is 7.74. The molecule has 4 rings (SSSR count). The Morgan fingerprint density at radius 1 is 1.20 bits per heavy atom. The van der Waals surface area contributed by atoms with Crippen molar-refractivity contribution in [2.45, 2.75) is 45.3 Å². The van der Waals surface area contributed by atoms with Gasteiger partial charge in [-0.15, -0.1) is 0 Å². The van der Waals surface area contributed by atoms with Crippen LogP contribution in [0.25, 0.3) is 0 Å². The molecule has 8 heteroatoms. The first-order valence-corrected chi connectivity index (χ1v) is 10.2. The summed E-state index contributed by atoms with van der Waals surface area (Å²) >= 11 is 0. The highest BCUT2D eigenvalue weighted by atomic mass is 19.1. The third kappa shape index (κ3) is 3.55. The van der Waals surface area contributed by atoms with Crippen LogP contribution in [0.3, 0.4) is 0 Å². The van der Waals surface area contributed by atoms with Crippen molar-refractivity contribution in [3.8, 4) is 11.5 Å². The molecule has 2 aromatic rings. The number of hydrogen-bond donors (Lipinski definition) is 0. The number of fused-ring (bicyclic) bond motifs is 1. The van der Waals surface area contributed by atoms with Crippen LogP contribution in [0.5, 0.6) is 11.5 Å². The lowest BCUT2D eigenvalue weighted by molar-refractivity contribution is -0.119. The summed E-state index contributed by atoms with van der Waals surface area (Å²) < 4.78 is 24.5. The summed E-state index contributed by atoms with van der Waals surface area (Å²) in [5.41, 5.74) is 1.59. The van der Waals surface area contributed by atoms with Gasteiger partial charge in [-0.25, -0.2) is 14.4 Å². The summed E-state index contributed by atoms with van der Waals surface area (Å²) in [5, 5.41) is 0. The molecule has 0 N–H and O–H groups in total. The number of likely N-dealkylation sites (N-methyl/N-ethyl adjacent to an activating group) is 2. The number of nitrogens with zero attached hydrogens (tertiary/aromatic N) is 4. The molecule has 1 amide bonds. The molecule has 2 heterocycles. The summed E-state index contributed by atoms with van der Waals surface area (Å²) in [5.74, 6) is 2.67. The van der Waals surface area contributed by atoms with E-state index >= 15 is 0 Å². The Balaban J connectivity index is 1.42. The highest BCUT2D eigenvalue weighted by Crippen LogP contribution is 2.39. The summed E-state index contributed by atoms with van der Waals surface area (Å²) in [6, 6.07) is 4.05. The predicted octanol–water partition coefficient (Wildman–Crippen LogP) is 3.13. The summed E-state index contributed by atoms with van der Waals surface area (Å²) in [6.07, 6.45) is 2.59. The van der Waals surface area contributed by atoms with Crippen molar-refractivity contribution in [3.63, 3.8) is 0 Å². The maximum absolute atomic E-state index is 13.3. The highest BCUT2D eigenvalue weighted by Gasteiger charge is 2.36. The first-order valence-electron chi connectivity index (χ1n) is 10.2. The van der Waals surface area contributed by atoms with Crippen LogP contribution in [0.2, 0.25) is 0 Å². The minimum absolute atomic E-state index is 0.0413. The minimum Gasteiger partial charge on any atom is -0.493 e. The number of benzene rings is 1. The van der Waals surface area contributed by atoms with Gasteiger partial charge in [-0.05, 0) is 44.7 Å². The smallest absolute Gasteiger partial charge is 0.249 e. The monoisotopic (exact) mass is 414 g/mol. The van der Waals surface area contributed by atoms with Gasteiger partial charge in [-0.2, -0.15) is 0 Å². The number of aryl methyl sites for hydroxylation is 1. The Morgan fingerprint density at radius 2 is 1.93 bits per heavy atom. The molecule has 1 aliphatic carbocycles. The zero-order chi connectivity index (χ0) is 21.6. The van der Waals surface area contributed by atoms with Crippen LogP contribution >= 0.6 is 0 Å². The van der Waals surface area contributed by atoms with Crippen LogP contribution in [-0.4, -0.2) is 49.2 Å². The van der Waals surface area contributed by atoms with E-state index in [9.17, 15) is 9.18 Å². The fraction of sp³-hybridized carbons (Fsp3) is 0.500. The second-order valence-electron chi connectivity index (χ2n) is 8.16. The number of amides is 1. The van der Waals surface area contributed by atoms with Crippen molar-refractivity contribution in [1.29, 1.82) is 0 Å². The molecule has 0 radical (unpaired) electrons. The average molecular weight is 414 g/mol. The van der Waals surface area contributed by atoms with E-state index in [-0.39, 0.29) is 23.9 Å². The Morgan fingerprint density at radius 3 is 2.63 bits per heavy atom. The number of carbonyl (C=O) groups excluding carboxylic acids is 1. The molecular formula is C22H27FN4O3. The van der Waals surface area contributed by atoms with Gasteiger partial charge in [0.1, 0.15) is 23.4 Å². The van der Waals surface area contributed by atoms with Gasteiger partial charge < -0.3 is 19.3 Å². The molecule has 1 saturated carbocycles. The summed E-state index contributed by atoms with van der Waals surface area (Å²) in [4.78, 5) is 25.4. The van der Waals surface area contributed by atoms with Gasteiger partial charge >= 0.3 is 0 Å². The van der Waals surface area contributed by atoms with Crippen LogP contribution in [0.15, 0.2) is 18.2 Å². The zero-order valence-electron chi connectivity index (χ0n) is 18.0. The van der Waals surface area contributed by atoms with Crippen LogP contribution in [-0.2, 0) is 11.2 Å². The molecule has 0 bridgehead atoms. The van der Waals surface area contributed by atoms with Gasteiger partial charge in [0.25, 0.3) is 0 Å². The lowest BCUT2D eigenvalue weighted by Crippen LogP contribution is -2.50. The van der Waals surface area contributed by atoms with Crippen molar-refractivity contribution in [2.75, 3.05) is 31.0 Å². The molecule has 1 aromatic carbocycles. The summed E-state index contributed by atoms with van der Waals surface area (Å²) in [7, 11) is 5.18. The molecule has 30 heavy (non-hydrogen) atoms. The molecule has 1 aliphatic heterocycles. The Bertz CT molecular complexity index is 977. The van der Waals surface area contributed by atoms with Gasteiger partial charge in [0.15, 0.2) is 17.3 Å². The highest BCUT2D eigenvalue weighted by molar-refractivity contribution is 6.04. The lowest BCUT2D eigenvalue weighted by atomic mass is 9.80. The van der Waals surface area contributed by atoms with E-state index in [0.717, 1.165) is 42.3 Å². The standard InChI is InChI=1S/C22H27FN4O3/c1-12-20-21(26(3)13(2)22(28)27(20)4)25-19(24-12)10-14-8-16(9-14)30-17-7-6-15(23)11-18(17)29-5/h6-7,11,13-14,16H,8-10H2,1-5H3/t13-,14?,16?/m0/s1. The number of anilines is 2. The van der Waals surface area contributed by atoms with E-state index in [1.165, 1.54) is 19.2 Å². The number of halogens is 1. The fourth-order valence-corrected chi connectivity index (χ4v) is 4.19. The first kappa shape index (κ1) is 20.4. The molecule has 0 spiro atoms. The molecule has 7 nitrogen and oxygen atoms in total. The third-order valence-electron chi connectivity index (χ3n) is 6.11. The zero-order valence-corrected chi connectivity index (χ0v) is 18.0.